The molecule has 0 aliphatic rings. The minimum absolute atomic E-state index is 0.202. The maximum absolute atomic E-state index is 8.66. The Bertz CT molecular complexity index is 58.9. The lowest BCUT2D eigenvalue weighted by Crippen LogP contribution is -2.12. The summed E-state index contributed by atoms with van der Waals surface area (Å²) in [6.07, 6.45) is 0. The first-order valence-corrected chi connectivity index (χ1v) is 10.5. The summed E-state index contributed by atoms with van der Waals surface area (Å²) in [7, 11) is 2.26. The highest BCUT2D eigenvalue weighted by molar-refractivity contribution is 7.30. The third-order valence-corrected chi connectivity index (χ3v) is 6.51. The normalized spacial score (nSPS) is 8.83. The second kappa shape index (κ2) is 2.49. The molecule has 0 aromatic rings. The van der Waals surface area contributed by atoms with Gasteiger partial charge in [-0.15, -0.1) is 0 Å². The molecule has 0 saturated carbocycles. The molecule has 0 bridgehead atoms. The third-order valence-electron chi connectivity index (χ3n) is 0.724. The second-order valence-corrected chi connectivity index (χ2v) is 19.3. The molecule has 0 aliphatic heterocycles. The Balaban J connectivity index is 3.68. The molecule has 0 aromatic carbocycles. The van der Waals surface area contributed by atoms with E-state index >= 15 is 0 Å². The van der Waals surface area contributed by atoms with Gasteiger partial charge in [-0.05, 0) is 6.92 Å². The molecule has 36 valence electrons. The molecule has 0 saturated heterocycles. The van der Waals surface area contributed by atoms with Gasteiger partial charge in [-0.25, -0.2) is 0 Å². The van der Waals surface area contributed by atoms with E-state index in [2.05, 4.69) is 0 Å². The van der Waals surface area contributed by atoms with Gasteiger partial charge in [0, 0.05) is 27.0 Å². The average molecular weight is 134 g/mol. The second-order valence-electron chi connectivity index (χ2n) is 1.59. The predicted octanol–water partition coefficient (Wildman–Crippen LogP) is -2.69. The minimum atomic E-state index is -0.202. The molecule has 6 heavy (non-hydrogen) atoms. The van der Waals surface area contributed by atoms with Crippen LogP contribution >= 0.6 is 0 Å². The fourth-order valence-corrected chi connectivity index (χ4v) is 0. The van der Waals surface area contributed by atoms with Crippen LogP contribution in [0.3, 0.4) is 0 Å². The van der Waals surface area contributed by atoms with Crippen molar-refractivity contribution in [1.29, 1.82) is 0 Å². The van der Waals surface area contributed by atoms with E-state index < -0.39 is 0 Å². The number of hydrogen-bond acceptors (Lipinski definition) is 1. The smallest absolute Gasteiger partial charge is 0.0529 e. The zero-order valence-electron chi connectivity index (χ0n) is 4.45. The molecule has 0 fully saturated rings. The van der Waals surface area contributed by atoms with Gasteiger partial charge in [-0.2, -0.15) is 0 Å². The van der Waals surface area contributed by atoms with E-state index in [0.717, 1.165) is 5.35 Å². The van der Waals surface area contributed by atoms with Gasteiger partial charge in [0.15, 0.2) is 0 Å². The maximum atomic E-state index is 8.66. The Hall–Kier alpha value is 0.321. The van der Waals surface area contributed by atoms with Crippen molar-refractivity contribution in [3.05, 3.63) is 0 Å². The van der Waals surface area contributed by atoms with Crippen LogP contribution in [0.5, 0.6) is 0 Å². The van der Waals surface area contributed by atoms with Gasteiger partial charge in [0.2, 0.25) is 0 Å². The summed E-state index contributed by atoms with van der Waals surface area (Å²) in [5.74, 6) is 0. The molecule has 0 heterocycles. The fourth-order valence-electron chi connectivity index (χ4n) is 0. The zero-order valence-corrected chi connectivity index (χ0v) is 9.45. The van der Waals surface area contributed by atoms with E-state index in [-0.39, 0.29) is 7.44 Å². The van der Waals surface area contributed by atoms with E-state index in [1.54, 1.807) is 0 Å². The molecule has 0 aromatic heterocycles. The van der Waals surface area contributed by atoms with Crippen LogP contribution in [0.4, 0.5) is 0 Å². The molecule has 1 N–H and O–H groups in total. The van der Waals surface area contributed by atoms with Crippen molar-refractivity contribution >= 4 is 32.3 Å². The number of hydrogen-bond donors (Lipinski definition) is 1. The van der Waals surface area contributed by atoms with Crippen molar-refractivity contribution in [2.24, 2.45) is 0 Å². The van der Waals surface area contributed by atoms with E-state index in [0.29, 0.717) is 0 Å². The summed E-state index contributed by atoms with van der Waals surface area (Å²) < 4.78 is 0. The van der Waals surface area contributed by atoms with Crippen LogP contribution in [-0.4, -0.2) is 37.4 Å². The van der Waals surface area contributed by atoms with Crippen LogP contribution in [0.1, 0.15) is 6.92 Å². The van der Waals surface area contributed by atoms with E-state index in [4.69, 9.17) is 5.11 Å². The minimum Gasteiger partial charge on any atom is -0.519 e. The standard InChI is InChI=1S/C2H10OSi3/c1-2(3)6(4)5/h3H,1,4-5H3. The summed E-state index contributed by atoms with van der Waals surface area (Å²) in [5.41, 5.74) is 0. The van der Waals surface area contributed by atoms with E-state index in [1.165, 1.54) is 19.5 Å². The van der Waals surface area contributed by atoms with E-state index in [1.807, 2.05) is 6.92 Å². The number of rotatable bonds is 0. The summed E-state index contributed by atoms with van der Waals surface area (Å²) >= 11 is 0. The van der Waals surface area contributed by atoms with Crippen molar-refractivity contribution in [3.63, 3.8) is 0 Å². The van der Waals surface area contributed by atoms with Gasteiger partial charge < -0.3 is 5.11 Å². The van der Waals surface area contributed by atoms with Crippen molar-refractivity contribution < 1.29 is 5.11 Å². The first kappa shape index (κ1) is 6.32. The van der Waals surface area contributed by atoms with Crippen LogP contribution < -0.4 is 0 Å². The highest BCUT2D eigenvalue weighted by Gasteiger charge is 1.80. The molecule has 0 radical (unpaired) electrons. The molecule has 0 amide bonds. The molecule has 0 rings (SSSR count). The Kier molecular flexibility index (Phi) is 2.62. The highest BCUT2D eigenvalue weighted by Crippen LogP contribution is 1.55. The van der Waals surface area contributed by atoms with Crippen LogP contribution in [0.2, 0.25) is 0 Å². The monoisotopic (exact) mass is 134 g/mol. The molecule has 4 heteroatoms. The van der Waals surface area contributed by atoms with Gasteiger partial charge in [-0.1, -0.05) is 0 Å². The lowest BCUT2D eigenvalue weighted by atomic mass is 10.9. The van der Waals surface area contributed by atoms with E-state index in [9.17, 15) is 0 Å². The highest BCUT2D eigenvalue weighted by atomic mass is 29.5. The van der Waals surface area contributed by atoms with Crippen LogP contribution in [0, 0.1) is 0 Å². The molecular weight excluding hydrogens is 124 g/mol. The Labute approximate surface area is 45.0 Å². The lowest BCUT2D eigenvalue weighted by molar-refractivity contribution is 0.563. The zero-order chi connectivity index (χ0) is 5.15. The third kappa shape index (κ3) is 2.55. The number of aliphatic hydroxyl groups is 1. The summed E-state index contributed by atoms with van der Waals surface area (Å²) in [5, 5.41) is 9.40. The van der Waals surface area contributed by atoms with Crippen LogP contribution in [0.25, 0.3) is 0 Å². The first-order chi connectivity index (χ1) is 2.64. The van der Waals surface area contributed by atoms with Crippen molar-refractivity contribution in [2.75, 3.05) is 0 Å². The van der Waals surface area contributed by atoms with Crippen LogP contribution in [0.15, 0.2) is 0 Å². The summed E-state index contributed by atoms with van der Waals surface area (Å²) in [4.78, 5) is 0. The average Bonchev–Trinajstić information content (AvgIpc) is 1.36. The summed E-state index contributed by atoms with van der Waals surface area (Å²) in [6.45, 7) is 1.83. The van der Waals surface area contributed by atoms with Crippen molar-refractivity contribution in [2.45, 2.75) is 6.92 Å². The van der Waals surface area contributed by atoms with Gasteiger partial charge >= 0.3 is 0 Å². The quantitative estimate of drug-likeness (QED) is 0.358. The molecule has 0 spiro atoms. The van der Waals surface area contributed by atoms with Gasteiger partial charge in [0.05, 0.1) is 5.35 Å². The summed E-state index contributed by atoms with van der Waals surface area (Å²) in [6, 6.07) is 0. The Morgan fingerprint density at radius 2 is 1.83 bits per heavy atom. The predicted molar refractivity (Wildman–Crippen MR) is 38.2 cm³/mol. The topological polar surface area (TPSA) is 20.2 Å². The fraction of sp³-hybridized carbons (Fsp3) is 0.500. The van der Waals surface area contributed by atoms with Crippen molar-refractivity contribution in [1.82, 2.24) is 0 Å². The molecule has 1 nitrogen and oxygen atoms in total. The first-order valence-electron chi connectivity index (χ1n) is 1.97. The Morgan fingerprint density at radius 1 is 1.67 bits per heavy atom. The largest absolute Gasteiger partial charge is 0.519 e. The number of aliphatic hydroxyl groups excluding tert-OH is 1. The lowest BCUT2D eigenvalue weighted by Gasteiger charge is -1.86. The molecule has 0 atom stereocenters. The molecule has 0 unspecified atom stereocenters. The van der Waals surface area contributed by atoms with Crippen LogP contribution in [-0.2, 0) is 0 Å². The SMILES string of the molecule is CC(O)=[Si]([SiH3])[SiH3]. The van der Waals surface area contributed by atoms with Gasteiger partial charge in [0.25, 0.3) is 0 Å². The van der Waals surface area contributed by atoms with Gasteiger partial charge in [0.1, 0.15) is 0 Å². The molecule has 0 aliphatic carbocycles. The molecular formula is C2H10OSi3. The van der Waals surface area contributed by atoms with Gasteiger partial charge in [-0.3, -0.25) is 0 Å². The maximum Gasteiger partial charge on any atom is 0.0529 e. The Morgan fingerprint density at radius 3 is 1.83 bits per heavy atom. The van der Waals surface area contributed by atoms with Crippen molar-refractivity contribution in [3.8, 4) is 0 Å².